The van der Waals surface area contributed by atoms with Gasteiger partial charge in [-0.25, -0.2) is 0 Å². The Balaban J connectivity index is 2.17. The molecule has 3 nitrogen and oxygen atoms in total. The van der Waals surface area contributed by atoms with E-state index in [0.29, 0.717) is 11.6 Å². The number of nitrogens with two attached hydrogens (primary N) is 1. The van der Waals surface area contributed by atoms with Gasteiger partial charge in [0.1, 0.15) is 5.15 Å². The first kappa shape index (κ1) is 14.4. The number of rotatable bonds is 4. The third kappa shape index (κ3) is 3.14. The monoisotopic (exact) mass is 295 g/mol. The van der Waals surface area contributed by atoms with Gasteiger partial charge in [0.2, 0.25) is 0 Å². The molecule has 0 amide bonds. The summed E-state index contributed by atoms with van der Waals surface area (Å²) in [5, 5.41) is 4.99. The van der Waals surface area contributed by atoms with Crippen LogP contribution in [-0.4, -0.2) is 16.0 Å². The molecule has 0 saturated heterocycles. The van der Waals surface area contributed by atoms with Crippen molar-refractivity contribution in [2.75, 3.05) is 6.26 Å². The van der Waals surface area contributed by atoms with Crippen molar-refractivity contribution < 1.29 is 0 Å². The molecular weight excluding hydrogens is 278 g/mol. The lowest BCUT2D eigenvalue weighted by atomic mass is 10.0. The number of hydrogen-bond donors (Lipinski definition) is 1. The molecule has 0 aliphatic carbocycles. The number of thioether (sulfide) groups is 1. The summed E-state index contributed by atoms with van der Waals surface area (Å²) in [5.41, 5.74) is 9.37. The number of aromatic nitrogens is 2. The molecule has 5 heteroatoms. The van der Waals surface area contributed by atoms with Gasteiger partial charge in [0.05, 0.1) is 5.69 Å². The summed E-state index contributed by atoms with van der Waals surface area (Å²) in [7, 11) is 1.84. The molecule has 1 atom stereocenters. The maximum Gasteiger partial charge on any atom is 0.130 e. The molecule has 2 rings (SSSR count). The van der Waals surface area contributed by atoms with E-state index in [9.17, 15) is 0 Å². The molecule has 0 radical (unpaired) electrons. The fourth-order valence-electron chi connectivity index (χ4n) is 2.09. The van der Waals surface area contributed by atoms with Gasteiger partial charge in [-0.15, -0.1) is 11.8 Å². The zero-order valence-corrected chi connectivity index (χ0v) is 12.9. The Bertz CT molecular complexity index is 563. The smallest absolute Gasteiger partial charge is 0.130 e. The normalized spacial score (nSPS) is 12.7. The highest BCUT2D eigenvalue weighted by Gasteiger charge is 2.15. The van der Waals surface area contributed by atoms with Crippen LogP contribution in [0.4, 0.5) is 0 Å². The Morgan fingerprint density at radius 3 is 2.47 bits per heavy atom. The molecule has 1 aromatic heterocycles. The average molecular weight is 296 g/mol. The Hall–Kier alpha value is -0.970. The summed E-state index contributed by atoms with van der Waals surface area (Å²) in [6, 6.07) is 8.29. The van der Waals surface area contributed by atoms with Crippen molar-refractivity contribution in [3.05, 3.63) is 46.2 Å². The summed E-state index contributed by atoms with van der Waals surface area (Å²) >= 11 is 7.96. The summed E-state index contributed by atoms with van der Waals surface area (Å²) < 4.78 is 1.69. The average Bonchev–Trinajstić information content (AvgIpc) is 2.65. The first-order valence-corrected chi connectivity index (χ1v) is 7.70. The van der Waals surface area contributed by atoms with Crippen LogP contribution in [0.3, 0.4) is 0 Å². The standard InChI is InChI=1S/C14H18ClN3S/c1-9-12(14(15)18(2)17-9)8-13(16)10-4-6-11(19-3)7-5-10/h4-7,13H,8,16H2,1-3H3. The van der Waals surface area contributed by atoms with Gasteiger partial charge in [-0.3, -0.25) is 4.68 Å². The van der Waals surface area contributed by atoms with Crippen molar-refractivity contribution in [1.82, 2.24) is 9.78 Å². The van der Waals surface area contributed by atoms with E-state index in [2.05, 4.69) is 35.6 Å². The minimum Gasteiger partial charge on any atom is -0.324 e. The van der Waals surface area contributed by atoms with Gasteiger partial charge in [-0.05, 0) is 37.3 Å². The van der Waals surface area contributed by atoms with Crippen LogP contribution in [0, 0.1) is 6.92 Å². The molecular formula is C14H18ClN3S. The van der Waals surface area contributed by atoms with Crippen LogP contribution in [0.1, 0.15) is 22.9 Å². The van der Waals surface area contributed by atoms with Crippen LogP contribution in [-0.2, 0) is 13.5 Å². The van der Waals surface area contributed by atoms with Crippen LogP contribution < -0.4 is 5.73 Å². The number of nitrogens with zero attached hydrogens (tertiary/aromatic N) is 2. The predicted molar refractivity (Wildman–Crippen MR) is 81.8 cm³/mol. The molecule has 1 heterocycles. The minimum absolute atomic E-state index is 0.0590. The van der Waals surface area contributed by atoms with Crippen molar-refractivity contribution >= 4 is 23.4 Å². The Kier molecular flexibility index (Phi) is 4.55. The van der Waals surface area contributed by atoms with Crippen LogP contribution in [0.25, 0.3) is 0 Å². The summed E-state index contributed by atoms with van der Waals surface area (Å²) in [5.74, 6) is 0. The minimum atomic E-state index is -0.0590. The molecule has 0 aliphatic heterocycles. The first-order valence-electron chi connectivity index (χ1n) is 6.10. The van der Waals surface area contributed by atoms with Crippen LogP contribution in [0.2, 0.25) is 5.15 Å². The summed E-state index contributed by atoms with van der Waals surface area (Å²) in [6.07, 6.45) is 2.77. The Morgan fingerprint density at radius 1 is 1.37 bits per heavy atom. The Labute approximate surface area is 123 Å². The SMILES string of the molecule is CSc1ccc(C(N)Cc2c(C)nn(C)c2Cl)cc1. The van der Waals surface area contributed by atoms with Crippen LogP contribution in [0.15, 0.2) is 29.2 Å². The molecule has 2 aromatic rings. The second-order valence-electron chi connectivity index (χ2n) is 4.56. The van der Waals surface area contributed by atoms with E-state index >= 15 is 0 Å². The van der Waals surface area contributed by atoms with E-state index in [1.165, 1.54) is 4.90 Å². The molecule has 0 fully saturated rings. The predicted octanol–water partition coefficient (Wildman–Crippen LogP) is 3.35. The molecule has 0 spiro atoms. The molecule has 102 valence electrons. The van der Waals surface area contributed by atoms with Crippen LogP contribution in [0.5, 0.6) is 0 Å². The lowest BCUT2D eigenvalue weighted by Crippen LogP contribution is -2.13. The topological polar surface area (TPSA) is 43.8 Å². The third-order valence-corrected chi connectivity index (χ3v) is 4.45. The van der Waals surface area contributed by atoms with Gasteiger partial charge in [0, 0.05) is 23.5 Å². The van der Waals surface area contributed by atoms with Gasteiger partial charge in [-0.2, -0.15) is 5.10 Å². The van der Waals surface area contributed by atoms with Crippen molar-refractivity contribution in [2.45, 2.75) is 24.3 Å². The largest absolute Gasteiger partial charge is 0.324 e. The molecule has 0 saturated carbocycles. The van der Waals surface area contributed by atoms with Gasteiger partial charge in [0.15, 0.2) is 0 Å². The molecule has 19 heavy (non-hydrogen) atoms. The van der Waals surface area contributed by atoms with Crippen molar-refractivity contribution in [3.63, 3.8) is 0 Å². The molecule has 1 unspecified atom stereocenters. The van der Waals surface area contributed by atoms with Crippen molar-refractivity contribution in [1.29, 1.82) is 0 Å². The lowest BCUT2D eigenvalue weighted by Gasteiger charge is -2.12. The van der Waals surface area contributed by atoms with Gasteiger partial charge < -0.3 is 5.73 Å². The fourth-order valence-corrected chi connectivity index (χ4v) is 2.75. The highest BCUT2D eigenvalue weighted by Crippen LogP contribution is 2.25. The van der Waals surface area contributed by atoms with Gasteiger partial charge in [0.25, 0.3) is 0 Å². The number of hydrogen-bond acceptors (Lipinski definition) is 3. The van der Waals surface area contributed by atoms with Crippen LogP contribution >= 0.6 is 23.4 Å². The van der Waals surface area contributed by atoms with Crippen molar-refractivity contribution in [3.8, 4) is 0 Å². The maximum absolute atomic E-state index is 6.26. The molecule has 2 N–H and O–H groups in total. The van der Waals surface area contributed by atoms with Gasteiger partial charge in [-0.1, -0.05) is 23.7 Å². The maximum atomic E-state index is 6.26. The number of aryl methyl sites for hydroxylation is 2. The zero-order valence-electron chi connectivity index (χ0n) is 11.4. The number of benzene rings is 1. The second-order valence-corrected chi connectivity index (χ2v) is 5.80. The van der Waals surface area contributed by atoms with Crippen molar-refractivity contribution in [2.24, 2.45) is 12.8 Å². The van der Waals surface area contributed by atoms with E-state index in [0.717, 1.165) is 16.8 Å². The third-order valence-electron chi connectivity index (χ3n) is 3.24. The Morgan fingerprint density at radius 2 is 2.00 bits per heavy atom. The molecule has 0 aliphatic rings. The molecule has 0 bridgehead atoms. The van der Waals surface area contributed by atoms with E-state index < -0.39 is 0 Å². The summed E-state index contributed by atoms with van der Waals surface area (Å²) in [6.45, 7) is 1.96. The van der Waals surface area contributed by atoms with E-state index in [4.69, 9.17) is 17.3 Å². The van der Waals surface area contributed by atoms with Gasteiger partial charge >= 0.3 is 0 Å². The molecule has 1 aromatic carbocycles. The number of halogens is 1. The highest BCUT2D eigenvalue weighted by atomic mass is 35.5. The van der Waals surface area contributed by atoms with E-state index in [-0.39, 0.29) is 6.04 Å². The van der Waals surface area contributed by atoms with E-state index in [1.54, 1.807) is 16.4 Å². The summed E-state index contributed by atoms with van der Waals surface area (Å²) in [4.78, 5) is 1.24. The first-order chi connectivity index (χ1) is 9.02. The second kappa shape index (κ2) is 5.99. The highest BCUT2D eigenvalue weighted by molar-refractivity contribution is 7.98. The quantitative estimate of drug-likeness (QED) is 0.880. The fraction of sp³-hybridized carbons (Fsp3) is 0.357. The lowest BCUT2D eigenvalue weighted by molar-refractivity contribution is 0.717. The zero-order chi connectivity index (χ0) is 14.0. The van der Waals surface area contributed by atoms with E-state index in [1.807, 2.05) is 14.0 Å².